The highest BCUT2D eigenvalue weighted by molar-refractivity contribution is 8.25. The standard InChI is InChI=1S/C13H19PS2/c1-13(2)9-15-12(16-10-13)14(3)11-7-5-4-6-8-11/h4-8,12H,9-10H2,1-3H3. The van der Waals surface area contributed by atoms with Crippen LogP contribution < -0.4 is 5.30 Å². The van der Waals surface area contributed by atoms with Gasteiger partial charge < -0.3 is 0 Å². The van der Waals surface area contributed by atoms with Crippen molar-refractivity contribution in [3.05, 3.63) is 30.3 Å². The van der Waals surface area contributed by atoms with Gasteiger partial charge in [0.05, 0.1) is 4.32 Å². The number of hydrogen-bond donors (Lipinski definition) is 0. The number of rotatable bonds is 2. The minimum Gasteiger partial charge on any atom is -0.142 e. The van der Waals surface area contributed by atoms with E-state index in [0.29, 0.717) is 5.41 Å². The molecule has 1 aliphatic heterocycles. The summed E-state index contributed by atoms with van der Waals surface area (Å²) in [6.45, 7) is 7.18. The van der Waals surface area contributed by atoms with Crippen molar-refractivity contribution in [3.63, 3.8) is 0 Å². The van der Waals surface area contributed by atoms with E-state index >= 15 is 0 Å². The van der Waals surface area contributed by atoms with Crippen molar-refractivity contribution in [1.29, 1.82) is 0 Å². The SMILES string of the molecule is CP(c1ccccc1)C1SCC(C)(C)CS1. The molecule has 3 heteroatoms. The van der Waals surface area contributed by atoms with Crippen LogP contribution in [0.15, 0.2) is 30.3 Å². The van der Waals surface area contributed by atoms with Crippen LogP contribution in [0.1, 0.15) is 13.8 Å². The molecule has 1 unspecified atom stereocenters. The highest BCUT2D eigenvalue weighted by Gasteiger charge is 2.31. The molecule has 1 heterocycles. The van der Waals surface area contributed by atoms with E-state index in [1.54, 1.807) is 5.30 Å². The van der Waals surface area contributed by atoms with Crippen molar-refractivity contribution in [2.45, 2.75) is 18.2 Å². The maximum Gasteiger partial charge on any atom is 0.0735 e. The minimum atomic E-state index is -0.00935. The molecule has 1 aromatic rings. The Morgan fingerprint density at radius 1 is 1.12 bits per heavy atom. The molecule has 16 heavy (non-hydrogen) atoms. The van der Waals surface area contributed by atoms with Gasteiger partial charge in [-0.2, -0.15) is 0 Å². The molecule has 0 nitrogen and oxygen atoms in total. The fourth-order valence-corrected chi connectivity index (χ4v) is 7.86. The minimum absolute atomic E-state index is 0.00935. The number of benzene rings is 1. The van der Waals surface area contributed by atoms with Gasteiger partial charge in [-0.3, -0.25) is 0 Å². The first-order valence-electron chi connectivity index (χ1n) is 5.60. The maximum absolute atomic E-state index is 2.42. The Kier molecular flexibility index (Phi) is 4.26. The van der Waals surface area contributed by atoms with Crippen LogP contribution in [0.2, 0.25) is 0 Å². The molecule has 0 saturated carbocycles. The summed E-state index contributed by atoms with van der Waals surface area (Å²) in [6.07, 6.45) is 0. The lowest BCUT2D eigenvalue weighted by Gasteiger charge is -2.36. The molecule has 0 bridgehead atoms. The molecule has 0 aromatic heterocycles. The summed E-state index contributed by atoms with van der Waals surface area (Å²) >= 11 is 4.33. The van der Waals surface area contributed by atoms with Gasteiger partial charge in [0.25, 0.3) is 0 Å². The normalized spacial score (nSPS) is 22.9. The van der Waals surface area contributed by atoms with Gasteiger partial charge in [-0.1, -0.05) is 52.1 Å². The van der Waals surface area contributed by atoms with Gasteiger partial charge in [0.2, 0.25) is 0 Å². The van der Waals surface area contributed by atoms with E-state index in [9.17, 15) is 0 Å². The first-order chi connectivity index (χ1) is 7.58. The van der Waals surface area contributed by atoms with Crippen LogP contribution >= 0.6 is 31.4 Å². The smallest absolute Gasteiger partial charge is 0.0735 e. The molecule has 2 rings (SSSR count). The predicted molar refractivity (Wildman–Crippen MR) is 81.4 cm³/mol. The molecule has 1 fully saturated rings. The molecule has 0 N–H and O–H groups in total. The van der Waals surface area contributed by atoms with Crippen LogP contribution in [0.4, 0.5) is 0 Å². The van der Waals surface area contributed by atoms with Crippen molar-refractivity contribution >= 4 is 36.7 Å². The zero-order valence-corrected chi connectivity index (χ0v) is 12.7. The molecule has 1 saturated heterocycles. The van der Waals surface area contributed by atoms with E-state index in [2.05, 4.69) is 74.4 Å². The average Bonchev–Trinajstić information content (AvgIpc) is 2.29. The fourth-order valence-electron chi connectivity index (χ4n) is 1.69. The molecule has 0 amide bonds. The van der Waals surface area contributed by atoms with Crippen LogP contribution in [0, 0.1) is 5.41 Å². The third-order valence-corrected chi connectivity index (χ3v) is 10.5. The molecule has 1 atom stereocenters. The maximum atomic E-state index is 2.42. The largest absolute Gasteiger partial charge is 0.142 e. The van der Waals surface area contributed by atoms with E-state index < -0.39 is 0 Å². The zero-order valence-electron chi connectivity index (χ0n) is 10.1. The number of thioether (sulfide) groups is 2. The van der Waals surface area contributed by atoms with Crippen LogP contribution in [0.5, 0.6) is 0 Å². The van der Waals surface area contributed by atoms with Gasteiger partial charge in [-0.25, -0.2) is 0 Å². The summed E-state index contributed by atoms with van der Waals surface area (Å²) in [7, 11) is -0.00935. The second-order valence-corrected chi connectivity index (χ2v) is 10.5. The van der Waals surface area contributed by atoms with Crippen LogP contribution in [0.3, 0.4) is 0 Å². The molecule has 0 spiro atoms. The van der Waals surface area contributed by atoms with Gasteiger partial charge in [0.15, 0.2) is 0 Å². The lowest BCUT2D eigenvalue weighted by atomic mass is 10.0. The quantitative estimate of drug-likeness (QED) is 0.738. The topological polar surface area (TPSA) is 0 Å². The van der Waals surface area contributed by atoms with Gasteiger partial charge in [-0.05, 0) is 17.4 Å². The Morgan fingerprint density at radius 3 is 2.25 bits per heavy atom. The second-order valence-electron chi connectivity index (χ2n) is 5.04. The average molecular weight is 270 g/mol. The van der Waals surface area contributed by atoms with Crippen molar-refractivity contribution in [2.24, 2.45) is 5.41 Å². The van der Waals surface area contributed by atoms with E-state index in [1.807, 2.05) is 0 Å². The summed E-state index contributed by atoms with van der Waals surface area (Å²) < 4.78 is 0.797. The summed E-state index contributed by atoms with van der Waals surface area (Å²) in [4.78, 5) is 0. The fraction of sp³-hybridized carbons (Fsp3) is 0.538. The zero-order chi connectivity index (χ0) is 11.6. The van der Waals surface area contributed by atoms with Crippen molar-refractivity contribution in [1.82, 2.24) is 0 Å². The molecule has 1 aliphatic rings. The Hall–Kier alpha value is 0.350. The van der Waals surface area contributed by atoms with Gasteiger partial charge in [-0.15, -0.1) is 23.5 Å². The summed E-state index contributed by atoms with van der Waals surface area (Å²) in [5.41, 5.74) is 0.526. The highest BCUT2D eigenvalue weighted by atomic mass is 32.2. The number of hydrogen-bond acceptors (Lipinski definition) is 2. The van der Waals surface area contributed by atoms with Gasteiger partial charge in [0.1, 0.15) is 0 Å². The molecular formula is C13H19PS2. The first-order valence-corrected chi connectivity index (χ1v) is 9.55. The van der Waals surface area contributed by atoms with Crippen LogP contribution in [-0.4, -0.2) is 22.5 Å². The van der Waals surface area contributed by atoms with Crippen molar-refractivity contribution < 1.29 is 0 Å². The lowest BCUT2D eigenvalue weighted by Crippen LogP contribution is -2.26. The Morgan fingerprint density at radius 2 is 1.69 bits per heavy atom. The lowest BCUT2D eigenvalue weighted by molar-refractivity contribution is 0.490. The highest BCUT2D eigenvalue weighted by Crippen LogP contribution is 2.54. The summed E-state index contributed by atoms with van der Waals surface area (Å²) in [6, 6.07) is 11.0. The third-order valence-electron chi connectivity index (χ3n) is 2.71. The molecule has 0 radical (unpaired) electrons. The van der Waals surface area contributed by atoms with E-state index in [0.717, 1.165) is 4.32 Å². The first kappa shape index (κ1) is 12.8. The van der Waals surface area contributed by atoms with Gasteiger partial charge >= 0.3 is 0 Å². The van der Waals surface area contributed by atoms with Crippen molar-refractivity contribution in [3.8, 4) is 0 Å². The van der Waals surface area contributed by atoms with Crippen molar-refractivity contribution in [2.75, 3.05) is 18.2 Å². The van der Waals surface area contributed by atoms with Gasteiger partial charge in [0, 0.05) is 11.5 Å². The van der Waals surface area contributed by atoms with E-state index in [-0.39, 0.29) is 7.92 Å². The molecule has 1 aromatic carbocycles. The Balaban J connectivity index is 2.00. The van der Waals surface area contributed by atoms with Crippen LogP contribution in [0.25, 0.3) is 0 Å². The molecule has 88 valence electrons. The third kappa shape index (κ3) is 3.18. The monoisotopic (exact) mass is 270 g/mol. The summed E-state index contributed by atoms with van der Waals surface area (Å²) in [5.74, 6) is 2.62. The Labute approximate surface area is 109 Å². The molecule has 0 aliphatic carbocycles. The second kappa shape index (κ2) is 5.33. The van der Waals surface area contributed by atoms with E-state index in [1.165, 1.54) is 11.5 Å². The predicted octanol–water partition coefficient (Wildman–Crippen LogP) is 4.21. The summed E-state index contributed by atoms with van der Waals surface area (Å²) in [5, 5.41) is 1.54. The Bertz CT molecular complexity index is 327. The van der Waals surface area contributed by atoms with E-state index in [4.69, 9.17) is 0 Å². The van der Waals surface area contributed by atoms with Crippen LogP contribution in [-0.2, 0) is 0 Å². The molecular weight excluding hydrogens is 251 g/mol.